The van der Waals surface area contributed by atoms with Crippen LogP contribution in [0.5, 0.6) is 5.75 Å². The van der Waals surface area contributed by atoms with Crippen LogP contribution in [0.3, 0.4) is 0 Å². The fourth-order valence-corrected chi connectivity index (χ4v) is 2.08. The number of phenols is 1. The van der Waals surface area contributed by atoms with E-state index in [1.54, 1.807) is 24.3 Å². The van der Waals surface area contributed by atoms with E-state index in [9.17, 15) is 14.3 Å². The Morgan fingerprint density at radius 2 is 2.00 bits per heavy atom. The molecule has 2 aromatic rings. The first-order valence-corrected chi connectivity index (χ1v) is 6.91. The molecule has 2 rings (SSSR count). The Balaban J connectivity index is 2.09. The molecule has 2 aromatic carbocycles. The summed E-state index contributed by atoms with van der Waals surface area (Å²) in [7, 11) is 0. The second kappa shape index (κ2) is 6.69. The van der Waals surface area contributed by atoms with Gasteiger partial charge in [-0.05, 0) is 36.4 Å². The molecule has 7 heteroatoms. The number of rotatable bonds is 3. The number of carbonyl (C=O) groups excluding carboxylic acids is 1. The lowest BCUT2D eigenvalue weighted by Crippen LogP contribution is -2.17. The van der Waals surface area contributed by atoms with Gasteiger partial charge >= 0.3 is 0 Å². The highest BCUT2D eigenvalue weighted by atomic mass is 79.9. The Labute approximate surface area is 133 Å². The molecule has 0 aliphatic rings. The van der Waals surface area contributed by atoms with Gasteiger partial charge in [-0.1, -0.05) is 27.5 Å². The molecule has 0 heterocycles. The van der Waals surface area contributed by atoms with Crippen molar-refractivity contribution in [3.05, 3.63) is 62.8 Å². The molecule has 0 saturated heterocycles. The highest BCUT2D eigenvalue weighted by molar-refractivity contribution is 9.10. The Kier molecular flexibility index (Phi) is 4.93. The predicted octanol–water partition coefficient (Wildman–Crippen LogP) is 3.71. The molecule has 4 nitrogen and oxygen atoms in total. The van der Waals surface area contributed by atoms with E-state index in [2.05, 4.69) is 26.5 Å². The minimum Gasteiger partial charge on any atom is -0.504 e. The van der Waals surface area contributed by atoms with E-state index >= 15 is 0 Å². The number of carbonyl (C=O) groups is 1. The first-order valence-electron chi connectivity index (χ1n) is 5.74. The maximum atomic E-state index is 13.3. The van der Waals surface area contributed by atoms with Gasteiger partial charge in [-0.15, -0.1) is 0 Å². The van der Waals surface area contributed by atoms with Gasteiger partial charge in [0.05, 0.1) is 6.21 Å². The standard InChI is InChI=1S/C14H9BrClFN2O2/c15-10-5-9(13(20)12(17)6-10)7-18-19-14(21)8-1-3-11(16)4-2-8/h1-7,20H,(H,19,21). The van der Waals surface area contributed by atoms with Crippen LogP contribution < -0.4 is 5.43 Å². The van der Waals surface area contributed by atoms with Crippen molar-refractivity contribution in [1.29, 1.82) is 0 Å². The summed E-state index contributed by atoms with van der Waals surface area (Å²) in [6.07, 6.45) is 1.15. The molecular weight excluding hydrogens is 363 g/mol. The normalized spacial score (nSPS) is 10.8. The van der Waals surface area contributed by atoms with E-state index in [1.807, 2.05) is 0 Å². The van der Waals surface area contributed by atoms with Crippen molar-refractivity contribution in [2.45, 2.75) is 0 Å². The maximum absolute atomic E-state index is 13.3. The van der Waals surface area contributed by atoms with Crippen molar-refractivity contribution in [2.24, 2.45) is 5.10 Å². The lowest BCUT2D eigenvalue weighted by atomic mass is 10.2. The van der Waals surface area contributed by atoms with E-state index in [1.165, 1.54) is 6.07 Å². The number of amides is 1. The number of hydrogen-bond donors (Lipinski definition) is 2. The monoisotopic (exact) mass is 370 g/mol. The van der Waals surface area contributed by atoms with Crippen molar-refractivity contribution < 1.29 is 14.3 Å². The molecule has 0 atom stereocenters. The smallest absolute Gasteiger partial charge is 0.271 e. The van der Waals surface area contributed by atoms with E-state index in [4.69, 9.17) is 11.6 Å². The van der Waals surface area contributed by atoms with Crippen molar-refractivity contribution in [2.75, 3.05) is 0 Å². The number of nitrogens with zero attached hydrogens (tertiary/aromatic N) is 1. The van der Waals surface area contributed by atoms with E-state index in [0.717, 1.165) is 12.3 Å². The zero-order valence-electron chi connectivity index (χ0n) is 10.5. The van der Waals surface area contributed by atoms with Crippen LogP contribution in [0.4, 0.5) is 4.39 Å². The molecule has 0 aliphatic carbocycles. The summed E-state index contributed by atoms with van der Waals surface area (Å²) in [4.78, 5) is 11.8. The lowest BCUT2D eigenvalue weighted by molar-refractivity contribution is 0.0955. The first-order chi connectivity index (χ1) is 9.97. The van der Waals surface area contributed by atoms with Gasteiger partial charge in [0.15, 0.2) is 11.6 Å². The molecular formula is C14H9BrClFN2O2. The van der Waals surface area contributed by atoms with Crippen LogP contribution in [0, 0.1) is 5.82 Å². The number of halogens is 3. The van der Waals surface area contributed by atoms with Gasteiger partial charge in [-0.3, -0.25) is 4.79 Å². The molecule has 0 spiro atoms. The molecule has 2 N–H and O–H groups in total. The number of phenolic OH excluding ortho intramolecular Hbond substituents is 1. The van der Waals surface area contributed by atoms with Gasteiger partial charge in [0.2, 0.25) is 0 Å². The largest absolute Gasteiger partial charge is 0.504 e. The fraction of sp³-hybridized carbons (Fsp3) is 0. The van der Waals surface area contributed by atoms with Crippen LogP contribution in [0.1, 0.15) is 15.9 Å². The third-order valence-electron chi connectivity index (χ3n) is 2.53. The molecule has 0 radical (unpaired) electrons. The topological polar surface area (TPSA) is 61.7 Å². The van der Waals surface area contributed by atoms with Gasteiger partial charge in [-0.25, -0.2) is 9.82 Å². The summed E-state index contributed by atoms with van der Waals surface area (Å²) in [5.41, 5.74) is 2.79. The molecule has 108 valence electrons. The average molecular weight is 372 g/mol. The molecule has 0 aliphatic heterocycles. The molecule has 1 amide bonds. The van der Waals surface area contributed by atoms with E-state index in [-0.39, 0.29) is 5.56 Å². The number of nitrogens with one attached hydrogen (secondary N) is 1. The van der Waals surface area contributed by atoms with Crippen LogP contribution >= 0.6 is 27.5 Å². The predicted molar refractivity (Wildman–Crippen MR) is 82.3 cm³/mol. The summed E-state index contributed by atoms with van der Waals surface area (Å²) in [5, 5.41) is 13.7. The van der Waals surface area contributed by atoms with Crippen LogP contribution in [-0.4, -0.2) is 17.2 Å². The van der Waals surface area contributed by atoms with Gasteiger partial charge in [0.25, 0.3) is 5.91 Å². The Morgan fingerprint density at radius 1 is 1.33 bits per heavy atom. The van der Waals surface area contributed by atoms with E-state index < -0.39 is 17.5 Å². The van der Waals surface area contributed by atoms with Crippen molar-refractivity contribution >= 4 is 39.7 Å². The molecule has 0 fully saturated rings. The molecule has 0 unspecified atom stereocenters. The van der Waals surface area contributed by atoms with Gasteiger partial charge in [-0.2, -0.15) is 5.10 Å². The minimum absolute atomic E-state index is 0.137. The van der Waals surface area contributed by atoms with Gasteiger partial charge in [0.1, 0.15) is 0 Å². The van der Waals surface area contributed by atoms with E-state index in [0.29, 0.717) is 15.1 Å². The quantitative estimate of drug-likeness (QED) is 0.638. The highest BCUT2D eigenvalue weighted by Gasteiger charge is 2.08. The van der Waals surface area contributed by atoms with Crippen molar-refractivity contribution in [3.8, 4) is 5.75 Å². The maximum Gasteiger partial charge on any atom is 0.271 e. The Hall–Kier alpha value is -1.92. The minimum atomic E-state index is -0.783. The van der Waals surface area contributed by atoms with Crippen molar-refractivity contribution in [3.63, 3.8) is 0 Å². The molecule has 0 saturated carbocycles. The second-order valence-corrected chi connectivity index (χ2v) is 5.38. The molecule has 0 aromatic heterocycles. The Bertz CT molecular complexity index is 705. The zero-order chi connectivity index (χ0) is 15.4. The zero-order valence-corrected chi connectivity index (χ0v) is 12.8. The lowest BCUT2D eigenvalue weighted by Gasteiger charge is -2.02. The summed E-state index contributed by atoms with van der Waals surface area (Å²) in [5.74, 6) is -1.77. The van der Waals surface area contributed by atoms with Gasteiger partial charge in [0, 0.05) is 20.6 Å². The average Bonchev–Trinajstić information content (AvgIpc) is 2.44. The fourth-order valence-electron chi connectivity index (χ4n) is 1.51. The van der Waals surface area contributed by atoms with Crippen molar-refractivity contribution in [1.82, 2.24) is 5.43 Å². The first kappa shape index (κ1) is 15.5. The second-order valence-electron chi connectivity index (χ2n) is 4.03. The number of aromatic hydroxyl groups is 1. The number of benzene rings is 2. The third kappa shape index (κ3) is 4.03. The third-order valence-corrected chi connectivity index (χ3v) is 3.24. The number of hydrazone groups is 1. The summed E-state index contributed by atoms with van der Waals surface area (Å²) in [6.45, 7) is 0. The van der Waals surface area contributed by atoms with Crippen LogP contribution in [0.25, 0.3) is 0 Å². The SMILES string of the molecule is O=C(NN=Cc1cc(Br)cc(F)c1O)c1ccc(Cl)cc1. The Morgan fingerprint density at radius 3 is 2.67 bits per heavy atom. The summed E-state index contributed by atoms with van der Waals surface area (Å²) >= 11 is 8.82. The van der Waals surface area contributed by atoms with Crippen LogP contribution in [0.15, 0.2) is 46.0 Å². The number of hydrogen-bond acceptors (Lipinski definition) is 3. The summed E-state index contributed by atoms with van der Waals surface area (Å²) in [6, 6.07) is 8.84. The van der Waals surface area contributed by atoms with Crippen LogP contribution in [-0.2, 0) is 0 Å². The summed E-state index contributed by atoms with van der Waals surface area (Å²) < 4.78 is 13.7. The molecule has 0 bridgehead atoms. The van der Waals surface area contributed by atoms with Gasteiger partial charge < -0.3 is 5.11 Å². The highest BCUT2D eigenvalue weighted by Crippen LogP contribution is 2.24. The molecule has 21 heavy (non-hydrogen) atoms. The van der Waals surface area contributed by atoms with Crippen LogP contribution in [0.2, 0.25) is 5.02 Å².